The van der Waals surface area contributed by atoms with Gasteiger partial charge in [-0.3, -0.25) is 4.79 Å². The summed E-state index contributed by atoms with van der Waals surface area (Å²) < 4.78 is 30.6. The molecule has 1 fully saturated rings. The van der Waals surface area contributed by atoms with E-state index in [-0.39, 0.29) is 22.6 Å². The Morgan fingerprint density at radius 1 is 1.29 bits per heavy atom. The molecule has 0 bridgehead atoms. The molecule has 7 nitrogen and oxygen atoms in total. The van der Waals surface area contributed by atoms with Crippen molar-refractivity contribution in [2.45, 2.75) is 18.1 Å². The number of hydrogen-bond acceptors (Lipinski definition) is 5. The van der Waals surface area contributed by atoms with Crippen molar-refractivity contribution in [3.05, 3.63) is 42.1 Å². The molecule has 3 N–H and O–H groups in total. The Labute approximate surface area is 137 Å². The van der Waals surface area contributed by atoms with Gasteiger partial charge in [-0.05, 0) is 18.9 Å². The summed E-state index contributed by atoms with van der Waals surface area (Å²) in [5.74, 6) is -0.963. The highest BCUT2D eigenvalue weighted by Gasteiger charge is 2.38. The van der Waals surface area contributed by atoms with Crippen molar-refractivity contribution >= 4 is 32.4 Å². The molecule has 1 aliphatic rings. The molecule has 2 heterocycles. The van der Waals surface area contributed by atoms with Crippen molar-refractivity contribution in [3.8, 4) is 11.5 Å². The van der Waals surface area contributed by atoms with Crippen LogP contribution in [0.4, 0.5) is 0 Å². The second-order valence-corrected chi connectivity index (χ2v) is 7.63. The van der Waals surface area contributed by atoms with E-state index >= 15 is 0 Å². The fourth-order valence-electron chi connectivity index (χ4n) is 2.87. The van der Waals surface area contributed by atoms with Gasteiger partial charge >= 0.3 is 10.1 Å². The van der Waals surface area contributed by atoms with Gasteiger partial charge in [0.15, 0.2) is 5.75 Å². The number of nitrogens with two attached hydrogens (primary N) is 1. The van der Waals surface area contributed by atoms with Crippen molar-refractivity contribution < 1.29 is 22.5 Å². The largest absolute Gasteiger partial charge is 0.506 e. The molecule has 1 aromatic carbocycles. The van der Waals surface area contributed by atoms with E-state index in [2.05, 4.69) is 0 Å². The summed E-state index contributed by atoms with van der Waals surface area (Å²) in [6, 6.07) is 8.16. The van der Waals surface area contributed by atoms with Crippen LogP contribution in [0.1, 0.15) is 23.2 Å². The number of nitrogens with zero attached hydrogens (tertiary/aromatic N) is 1. The number of pyridine rings is 1. The maximum atomic E-state index is 12.0. The number of primary amides is 1. The molecule has 0 unspecified atom stereocenters. The maximum absolute atomic E-state index is 12.0. The number of para-hydroxylation sites is 1. The van der Waals surface area contributed by atoms with Crippen LogP contribution >= 0.6 is 0 Å². The number of fused-ring (bicyclic) bond motifs is 3. The Bertz CT molecular complexity index is 1100. The average molecular weight is 346 g/mol. The molecular weight excluding hydrogens is 332 g/mol. The molecule has 124 valence electrons. The number of rotatable bonds is 4. The number of carbonyl (C=O) groups excluding carboxylic acids is 1. The molecule has 0 saturated heterocycles. The van der Waals surface area contributed by atoms with Crippen LogP contribution < -0.4 is 9.92 Å². The Morgan fingerprint density at radius 3 is 2.67 bits per heavy atom. The quantitative estimate of drug-likeness (QED) is 0.699. The van der Waals surface area contributed by atoms with Crippen molar-refractivity contribution in [2.24, 2.45) is 5.73 Å². The van der Waals surface area contributed by atoms with Crippen molar-refractivity contribution in [3.63, 3.8) is 0 Å². The Hall–Kier alpha value is -2.74. The van der Waals surface area contributed by atoms with Gasteiger partial charge in [0.05, 0.1) is 22.5 Å². The summed E-state index contributed by atoms with van der Waals surface area (Å²) in [5, 5.41) is 10.4. The average Bonchev–Trinajstić information content (AvgIpc) is 3.30. The zero-order valence-corrected chi connectivity index (χ0v) is 13.3. The molecule has 2 aromatic heterocycles. The molecule has 0 aliphatic heterocycles. The first kappa shape index (κ1) is 14.8. The highest BCUT2D eigenvalue weighted by atomic mass is 32.2. The molecule has 3 aromatic rings. The zero-order valence-electron chi connectivity index (χ0n) is 12.5. The molecule has 24 heavy (non-hydrogen) atoms. The minimum atomic E-state index is -3.70. The summed E-state index contributed by atoms with van der Waals surface area (Å²) >= 11 is 0. The predicted octanol–water partition coefficient (Wildman–Crippen LogP) is 1.77. The van der Waals surface area contributed by atoms with E-state index in [1.807, 2.05) is 0 Å². The third kappa shape index (κ3) is 2.18. The van der Waals surface area contributed by atoms with Crippen LogP contribution in [0.5, 0.6) is 11.5 Å². The van der Waals surface area contributed by atoms with E-state index in [1.165, 1.54) is 16.7 Å². The highest BCUT2D eigenvalue weighted by Crippen LogP contribution is 2.36. The molecule has 1 amide bonds. The molecule has 0 radical (unpaired) electrons. The van der Waals surface area contributed by atoms with Crippen LogP contribution in [-0.4, -0.2) is 29.1 Å². The van der Waals surface area contributed by atoms with E-state index in [1.54, 1.807) is 24.3 Å². The normalized spacial score (nSPS) is 15.0. The lowest BCUT2D eigenvalue weighted by atomic mass is 10.1. The third-order valence-corrected chi connectivity index (χ3v) is 5.79. The van der Waals surface area contributed by atoms with E-state index in [0.717, 1.165) is 0 Å². The Kier molecular flexibility index (Phi) is 3.01. The minimum Gasteiger partial charge on any atom is -0.506 e. The fourth-order valence-corrected chi connectivity index (χ4v) is 4.08. The standard InChI is InChI=1S/C16H14N2O5S/c17-16(20)14-11-3-1-2-4-12(11)18-8-9(7-13(19)15(14)18)23-24(21,22)10-5-6-10/h1-4,7-8,10,19H,5-6H2,(H2,17,20). The summed E-state index contributed by atoms with van der Waals surface area (Å²) in [6.45, 7) is 0. The van der Waals surface area contributed by atoms with Gasteiger partial charge in [0.2, 0.25) is 0 Å². The Morgan fingerprint density at radius 2 is 2.00 bits per heavy atom. The van der Waals surface area contributed by atoms with E-state index in [9.17, 15) is 18.3 Å². The molecular formula is C16H14N2O5S. The van der Waals surface area contributed by atoms with Gasteiger partial charge in [-0.1, -0.05) is 18.2 Å². The van der Waals surface area contributed by atoms with Gasteiger partial charge in [0, 0.05) is 11.5 Å². The Balaban J connectivity index is 1.98. The lowest BCUT2D eigenvalue weighted by molar-refractivity contribution is 0.100. The molecule has 1 aliphatic carbocycles. The molecule has 0 spiro atoms. The van der Waals surface area contributed by atoms with Gasteiger partial charge in [0.25, 0.3) is 5.91 Å². The van der Waals surface area contributed by atoms with Crippen LogP contribution in [0.2, 0.25) is 0 Å². The first-order chi connectivity index (χ1) is 11.4. The monoisotopic (exact) mass is 346 g/mol. The molecule has 8 heteroatoms. The van der Waals surface area contributed by atoms with E-state index in [4.69, 9.17) is 9.92 Å². The van der Waals surface area contributed by atoms with E-state index in [0.29, 0.717) is 23.7 Å². The summed E-state index contributed by atoms with van der Waals surface area (Å²) in [6.07, 6.45) is 2.59. The summed E-state index contributed by atoms with van der Waals surface area (Å²) in [5.41, 5.74) is 6.48. The first-order valence-corrected chi connectivity index (χ1v) is 8.84. The second-order valence-electron chi connectivity index (χ2n) is 5.81. The minimum absolute atomic E-state index is 0.0105. The number of amides is 1. The van der Waals surface area contributed by atoms with Crippen LogP contribution in [0, 0.1) is 0 Å². The first-order valence-electron chi connectivity index (χ1n) is 7.37. The summed E-state index contributed by atoms with van der Waals surface area (Å²) in [7, 11) is -3.70. The number of carbonyl (C=O) groups is 1. The SMILES string of the molecule is NC(=O)c1c2ccccc2n2cc(OS(=O)(=O)C3CC3)cc(O)c12. The second kappa shape index (κ2) is 4.88. The van der Waals surface area contributed by atoms with Gasteiger partial charge in [-0.2, -0.15) is 8.42 Å². The van der Waals surface area contributed by atoms with Crippen LogP contribution in [-0.2, 0) is 10.1 Å². The van der Waals surface area contributed by atoms with Gasteiger partial charge < -0.3 is 19.4 Å². The number of aromatic hydroxyl groups is 1. The molecule has 4 rings (SSSR count). The number of hydrogen-bond donors (Lipinski definition) is 2. The smallest absolute Gasteiger partial charge is 0.312 e. The number of benzene rings is 1. The van der Waals surface area contributed by atoms with E-state index < -0.39 is 21.3 Å². The fraction of sp³-hybridized carbons (Fsp3) is 0.188. The van der Waals surface area contributed by atoms with Crippen LogP contribution in [0.15, 0.2) is 36.5 Å². The summed E-state index contributed by atoms with van der Waals surface area (Å²) in [4.78, 5) is 11.8. The molecule has 0 atom stereocenters. The molecule has 1 saturated carbocycles. The van der Waals surface area contributed by atoms with Crippen LogP contribution in [0.3, 0.4) is 0 Å². The highest BCUT2D eigenvalue weighted by molar-refractivity contribution is 7.88. The number of aromatic nitrogens is 1. The third-order valence-electron chi connectivity index (χ3n) is 4.08. The van der Waals surface area contributed by atoms with Gasteiger partial charge in [-0.25, -0.2) is 0 Å². The van der Waals surface area contributed by atoms with Crippen molar-refractivity contribution in [1.82, 2.24) is 4.40 Å². The maximum Gasteiger partial charge on any atom is 0.312 e. The lowest BCUT2D eigenvalue weighted by Crippen LogP contribution is -2.14. The van der Waals surface area contributed by atoms with Crippen LogP contribution in [0.25, 0.3) is 16.4 Å². The lowest BCUT2D eigenvalue weighted by Gasteiger charge is -2.08. The predicted molar refractivity (Wildman–Crippen MR) is 87.7 cm³/mol. The van der Waals surface area contributed by atoms with Gasteiger partial charge in [0.1, 0.15) is 11.3 Å². The zero-order chi connectivity index (χ0) is 17.1. The van der Waals surface area contributed by atoms with Crippen molar-refractivity contribution in [2.75, 3.05) is 0 Å². The van der Waals surface area contributed by atoms with Crippen molar-refractivity contribution in [1.29, 1.82) is 0 Å². The van der Waals surface area contributed by atoms with Gasteiger partial charge in [-0.15, -0.1) is 0 Å². The topological polar surface area (TPSA) is 111 Å².